The second-order valence-electron chi connectivity index (χ2n) is 8.73. The Balaban J connectivity index is 1.32. The van der Waals surface area contributed by atoms with E-state index in [9.17, 15) is 9.18 Å². The number of benzene rings is 2. The summed E-state index contributed by atoms with van der Waals surface area (Å²) in [4.78, 5) is 30.4. The molecule has 36 heavy (non-hydrogen) atoms. The normalized spacial score (nSPS) is 14.8. The first-order valence-corrected chi connectivity index (χ1v) is 12.0. The van der Waals surface area contributed by atoms with Gasteiger partial charge in [-0.05, 0) is 60.5 Å². The third kappa shape index (κ3) is 5.07. The van der Waals surface area contributed by atoms with Crippen molar-refractivity contribution in [3.8, 4) is 11.3 Å². The highest BCUT2D eigenvalue weighted by atomic mass is 35.5. The number of pyridine rings is 1. The fraction of sp³-hybridized carbons (Fsp3) is 0.231. The molecule has 1 atom stereocenters. The summed E-state index contributed by atoms with van der Waals surface area (Å²) in [5.74, 6) is 0.362. The minimum Gasteiger partial charge on any atom is -0.368 e. The lowest BCUT2D eigenvalue weighted by Crippen LogP contribution is -2.54. The van der Waals surface area contributed by atoms with E-state index in [4.69, 9.17) is 28.1 Å². The van der Waals surface area contributed by atoms with Gasteiger partial charge in [-0.1, -0.05) is 23.7 Å². The molecular formula is C26H25ClFN7O. The number of amides is 1. The van der Waals surface area contributed by atoms with Crippen LogP contribution in [0.2, 0.25) is 5.02 Å². The Morgan fingerprint density at radius 3 is 2.33 bits per heavy atom. The quantitative estimate of drug-likeness (QED) is 0.427. The third-order valence-corrected chi connectivity index (χ3v) is 6.51. The van der Waals surface area contributed by atoms with Crippen molar-refractivity contribution in [3.63, 3.8) is 0 Å². The average Bonchev–Trinajstić information content (AvgIpc) is 2.89. The molecule has 3 heterocycles. The number of carbonyl (C=O) groups excluding carboxylic acids is 1. The number of halogens is 2. The molecule has 1 aliphatic rings. The van der Waals surface area contributed by atoms with Gasteiger partial charge in [-0.15, -0.1) is 0 Å². The van der Waals surface area contributed by atoms with Crippen molar-refractivity contribution in [1.82, 2.24) is 19.9 Å². The first kappa shape index (κ1) is 23.9. The molecule has 0 spiro atoms. The lowest BCUT2D eigenvalue weighted by Gasteiger charge is -2.36. The van der Waals surface area contributed by atoms with Crippen LogP contribution in [0.5, 0.6) is 0 Å². The smallest absolute Gasteiger partial charge is 0.239 e. The van der Waals surface area contributed by atoms with Gasteiger partial charge in [0.2, 0.25) is 11.9 Å². The van der Waals surface area contributed by atoms with Crippen LogP contribution in [-0.4, -0.2) is 58.0 Å². The summed E-state index contributed by atoms with van der Waals surface area (Å²) in [6, 6.07) is 16.5. The molecule has 1 fully saturated rings. The molecule has 2 aromatic carbocycles. The zero-order chi connectivity index (χ0) is 25.2. The van der Waals surface area contributed by atoms with Crippen molar-refractivity contribution in [1.29, 1.82) is 0 Å². The maximum atomic E-state index is 13.4. The molecule has 2 aromatic heterocycles. The lowest BCUT2D eigenvalue weighted by atomic mass is 10.1. The summed E-state index contributed by atoms with van der Waals surface area (Å²) < 4.78 is 13.4. The molecule has 4 aromatic rings. The van der Waals surface area contributed by atoms with Gasteiger partial charge in [0.25, 0.3) is 0 Å². The fourth-order valence-corrected chi connectivity index (χ4v) is 4.48. The average molecular weight is 506 g/mol. The van der Waals surface area contributed by atoms with E-state index in [1.165, 1.54) is 12.1 Å². The number of carbonyl (C=O) groups is 1. The fourth-order valence-electron chi connectivity index (χ4n) is 4.35. The molecule has 1 saturated heterocycles. The Morgan fingerprint density at radius 2 is 1.64 bits per heavy atom. The van der Waals surface area contributed by atoms with Crippen LogP contribution in [0.4, 0.5) is 16.2 Å². The van der Waals surface area contributed by atoms with Crippen molar-refractivity contribution in [2.45, 2.75) is 12.5 Å². The molecule has 4 N–H and O–H groups in total. The molecule has 1 aliphatic heterocycles. The second-order valence-corrected chi connectivity index (χ2v) is 9.16. The molecule has 184 valence electrons. The van der Waals surface area contributed by atoms with Crippen LogP contribution in [0.25, 0.3) is 22.3 Å². The molecule has 1 unspecified atom stereocenters. The van der Waals surface area contributed by atoms with Crippen LogP contribution >= 0.6 is 11.6 Å². The summed E-state index contributed by atoms with van der Waals surface area (Å²) >= 11 is 5.94. The monoisotopic (exact) mass is 505 g/mol. The molecule has 0 aliphatic carbocycles. The van der Waals surface area contributed by atoms with Gasteiger partial charge in [0.1, 0.15) is 11.3 Å². The summed E-state index contributed by atoms with van der Waals surface area (Å²) in [6.07, 6.45) is 0.444. The van der Waals surface area contributed by atoms with Gasteiger partial charge in [-0.25, -0.2) is 14.4 Å². The summed E-state index contributed by atoms with van der Waals surface area (Å²) in [5.41, 5.74) is 15.9. The van der Waals surface area contributed by atoms with Gasteiger partial charge in [-0.2, -0.15) is 4.98 Å². The number of anilines is 2. The van der Waals surface area contributed by atoms with E-state index < -0.39 is 6.04 Å². The van der Waals surface area contributed by atoms with Crippen molar-refractivity contribution < 1.29 is 9.18 Å². The molecule has 10 heteroatoms. The van der Waals surface area contributed by atoms with E-state index in [1.54, 1.807) is 29.2 Å². The van der Waals surface area contributed by atoms with Crippen LogP contribution < -0.4 is 16.4 Å². The van der Waals surface area contributed by atoms with Gasteiger partial charge < -0.3 is 21.3 Å². The number of piperazine rings is 1. The predicted octanol–water partition coefficient (Wildman–Crippen LogP) is 3.29. The molecule has 5 rings (SSSR count). The molecule has 0 bridgehead atoms. The van der Waals surface area contributed by atoms with Crippen LogP contribution in [0, 0.1) is 5.82 Å². The van der Waals surface area contributed by atoms with Crippen molar-refractivity contribution in [2.24, 2.45) is 5.73 Å². The van der Waals surface area contributed by atoms with Crippen LogP contribution in [-0.2, 0) is 11.2 Å². The molecule has 8 nitrogen and oxygen atoms in total. The van der Waals surface area contributed by atoms with E-state index in [2.05, 4.69) is 14.9 Å². The first-order chi connectivity index (χ1) is 17.4. The zero-order valence-electron chi connectivity index (χ0n) is 19.4. The Hall–Kier alpha value is -3.82. The van der Waals surface area contributed by atoms with Crippen molar-refractivity contribution in [3.05, 3.63) is 77.1 Å². The molecule has 0 radical (unpaired) electrons. The van der Waals surface area contributed by atoms with E-state index in [0.717, 1.165) is 11.1 Å². The lowest BCUT2D eigenvalue weighted by molar-refractivity contribution is -0.132. The van der Waals surface area contributed by atoms with E-state index >= 15 is 0 Å². The maximum absolute atomic E-state index is 13.4. The molecule has 1 amide bonds. The Kier molecular flexibility index (Phi) is 6.67. The zero-order valence-corrected chi connectivity index (χ0v) is 20.2. The van der Waals surface area contributed by atoms with Crippen molar-refractivity contribution >= 4 is 40.3 Å². The Morgan fingerprint density at radius 1 is 0.944 bits per heavy atom. The van der Waals surface area contributed by atoms with E-state index in [0.29, 0.717) is 60.2 Å². The SMILES string of the molecule is Nc1nc(N2CCN(C(=O)C(N)Cc3ccc(Cl)cc3)CC2)c2nc(-c3ccc(F)cc3)ccc2n1. The van der Waals surface area contributed by atoms with E-state index in [1.807, 2.05) is 24.3 Å². The van der Waals surface area contributed by atoms with Gasteiger partial charge in [0.15, 0.2) is 5.82 Å². The predicted molar refractivity (Wildman–Crippen MR) is 139 cm³/mol. The Bertz CT molecular complexity index is 1390. The van der Waals surface area contributed by atoms with Gasteiger partial charge in [0, 0.05) is 36.8 Å². The van der Waals surface area contributed by atoms with Crippen LogP contribution in [0.3, 0.4) is 0 Å². The minimum atomic E-state index is -0.631. The van der Waals surface area contributed by atoms with Crippen LogP contribution in [0.15, 0.2) is 60.7 Å². The number of nitrogen functional groups attached to an aromatic ring is 1. The number of nitrogens with two attached hydrogens (primary N) is 2. The number of aromatic nitrogens is 3. The summed E-state index contributed by atoms with van der Waals surface area (Å²) in [5, 5.41) is 0.645. The summed E-state index contributed by atoms with van der Waals surface area (Å²) in [7, 11) is 0. The van der Waals surface area contributed by atoms with E-state index in [-0.39, 0.29) is 17.7 Å². The number of rotatable bonds is 5. The highest BCUT2D eigenvalue weighted by Gasteiger charge is 2.27. The molecular weight excluding hydrogens is 481 g/mol. The number of hydrogen-bond acceptors (Lipinski definition) is 7. The summed E-state index contributed by atoms with van der Waals surface area (Å²) in [6.45, 7) is 2.09. The Labute approximate surface area is 212 Å². The minimum absolute atomic E-state index is 0.0895. The van der Waals surface area contributed by atoms with Gasteiger partial charge >= 0.3 is 0 Å². The number of hydrogen-bond donors (Lipinski definition) is 2. The van der Waals surface area contributed by atoms with Gasteiger partial charge in [0.05, 0.1) is 17.3 Å². The second kappa shape index (κ2) is 10.0. The number of fused-ring (bicyclic) bond motifs is 1. The number of nitrogens with zero attached hydrogens (tertiary/aromatic N) is 5. The largest absolute Gasteiger partial charge is 0.368 e. The van der Waals surface area contributed by atoms with Gasteiger partial charge in [-0.3, -0.25) is 4.79 Å². The van der Waals surface area contributed by atoms with Crippen LogP contribution in [0.1, 0.15) is 5.56 Å². The topological polar surface area (TPSA) is 114 Å². The van der Waals surface area contributed by atoms with Crippen molar-refractivity contribution in [2.75, 3.05) is 36.8 Å². The molecule has 0 saturated carbocycles. The highest BCUT2D eigenvalue weighted by Crippen LogP contribution is 2.28. The third-order valence-electron chi connectivity index (χ3n) is 6.26. The first-order valence-electron chi connectivity index (χ1n) is 11.6. The standard InChI is InChI=1S/C26H25ClFN7O/c27-18-5-1-16(2-6-18)15-20(29)25(36)35-13-11-34(12-14-35)24-23-22(32-26(30)33-24)10-9-21(31-23)17-3-7-19(28)8-4-17/h1-10,20H,11-15,29H2,(H2,30,32,33). The highest BCUT2D eigenvalue weighted by molar-refractivity contribution is 6.30. The maximum Gasteiger partial charge on any atom is 0.239 e.